The van der Waals surface area contributed by atoms with E-state index in [1.807, 2.05) is 0 Å². The van der Waals surface area contributed by atoms with Crippen molar-refractivity contribution >= 4 is 0 Å². The lowest BCUT2D eigenvalue weighted by Crippen LogP contribution is -2.12. The van der Waals surface area contributed by atoms with Crippen LogP contribution < -0.4 is 0 Å². The van der Waals surface area contributed by atoms with Gasteiger partial charge in [-0.2, -0.15) is 0 Å². The standard InChI is InChI=1S/C8H15N/c1-6-4-7-8(2,5-6)9(7)3/h6-7H,4-5H2,1-3H3. The number of nitrogens with zero attached hydrogens (tertiary/aromatic N) is 1. The van der Waals surface area contributed by atoms with Crippen LogP contribution in [0.3, 0.4) is 0 Å². The zero-order valence-electron chi connectivity index (χ0n) is 6.52. The second-order valence-electron chi connectivity index (χ2n) is 4.03. The van der Waals surface area contributed by atoms with Crippen molar-refractivity contribution in [3.8, 4) is 0 Å². The first-order valence-electron chi connectivity index (χ1n) is 3.87. The Balaban J connectivity index is 2.12. The van der Waals surface area contributed by atoms with E-state index in [0.717, 1.165) is 12.0 Å². The third kappa shape index (κ3) is 0.536. The number of fused-ring (bicyclic) bond motifs is 1. The summed E-state index contributed by atoms with van der Waals surface area (Å²) in [6, 6.07) is 0.937. The molecule has 1 heteroatoms. The predicted molar refractivity (Wildman–Crippen MR) is 38.4 cm³/mol. The Morgan fingerprint density at radius 2 is 2.22 bits per heavy atom. The molecular formula is C8H15N. The van der Waals surface area contributed by atoms with Crippen LogP contribution in [-0.4, -0.2) is 23.5 Å². The molecule has 2 fully saturated rings. The van der Waals surface area contributed by atoms with Crippen LogP contribution in [0.5, 0.6) is 0 Å². The fourth-order valence-electron chi connectivity index (χ4n) is 2.55. The maximum atomic E-state index is 2.51. The summed E-state index contributed by atoms with van der Waals surface area (Å²) in [7, 11) is 2.25. The second kappa shape index (κ2) is 1.34. The molecule has 2 aliphatic rings. The van der Waals surface area contributed by atoms with Crippen LogP contribution in [0, 0.1) is 5.92 Å². The van der Waals surface area contributed by atoms with Gasteiger partial charge >= 0.3 is 0 Å². The van der Waals surface area contributed by atoms with Gasteiger partial charge in [-0.1, -0.05) is 6.92 Å². The predicted octanol–water partition coefficient (Wildman–Crippen LogP) is 1.49. The van der Waals surface area contributed by atoms with Crippen LogP contribution in [0.1, 0.15) is 26.7 Å². The molecule has 0 amide bonds. The summed E-state index contributed by atoms with van der Waals surface area (Å²) < 4.78 is 0. The molecule has 52 valence electrons. The molecule has 0 bridgehead atoms. The largest absolute Gasteiger partial charge is 0.295 e. The lowest BCUT2D eigenvalue weighted by Gasteiger charge is -2.10. The van der Waals surface area contributed by atoms with Crippen LogP contribution in [-0.2, 0) is 0 Å². The Labute approximate surface area is 57.0 Å². The summed E-state index contributed by atoms with van der Waals surface area (Å²) in [6.07, 6.45) is 2.86. The zero-order valence-corrected chi connectivity index (χ0v) is 6.52. The molecule has 9 heavy (non-hydrogen) atoms. The van der Waals surface area contributed by atoms with Crippen LogP contribution in [0.25, 0.3) is 0 Å². The van der Waals surface area contributed by atoms with Crippen molar-refractivity contribution in [2.45, 2.75) is 38.3 Å². The van der Waals surface area contributed by atoms with Gasteiger partial charge in [0, 0.05) is 11.6 Å². The van der Waals surface area contributed by atoms with Crippen molar-refractivity contribution in [3.05, 3.63) is 0 Å². The molecule has 1 aliphatic heterocycles. The average molecular weight is 125 g/mol. The lowest BCUT2D eigenvalue weighted by atomic mass is 10.1. The lowest BCUT2D eigenvalue weighted by molar-refractivity contribution is 0.371. The first-order chi connectivity index (χ1) is 4.14. The minimum Gasteiger partial charge on any atom is -0.295 e. The Kier molecular flexibility index (Phi) is 0.852. The molecule has 1 aliphatic carbocycles. The number of hydrogen-bond acceptors (Lipinski definition) is 1. The van der Waals surface area contributed by atoms with E-state index in [0.29, 0.717) is 5.54 Å². The van der Waals surface area contributed by atoms with Gasteiger partial charge in [0.15, 0.2) is 0 Å². The van der Waals surface area contributed by atoms with Gasteiger partial charge in [-0.3, -0.25) is 4.90 Å². The minimum atomic E-state index is 0.624. The van der Waals surface area contributed by atoms with Gasteiger partial charge in [0.25, 0.3) is 0 Å². The van der Waals surface area contributed by atoms with E-state index in [2.05, 4.69) is 25.8 Å². The summed E-state index contributed by atoms with van der Waals surface area (Å²) in [5.74, 6) is 0.983. The molecule has 0 spiro atoms. The molecule has 1 nitrogen and oxygen atoms in total. The van der Waals surface area contributed by atoms with Crippen LogP contribution in [0.15, 0.2) is 0 Å². The number of likely N-dealkylation sites (tertiary alicyclic amines) is 1. The van der Waals surface area contributed by atoms with Gasteiger partial charge < -0.3 is 0 Å². The van der Waals surface area contributed by atoms with Crippen molar-refractivity contribution in [2.24, 2.45) is 5.92 Å². The Morgan fingerprint density at radius 1 is 1.56 bits per heavy atom. The SMILES string of the molecule is CC1CC2N(C)C2(C)C1. The van der Waals surface area contributed by atoms with Gasteiger partial charge in [0.05, 0.1) is 0 Å². The van der Waals surface area contributed by atoms with E-state index in [4.69, 9.17) is 0 Å². The highest BCUT2D eigenvalue weighted by Crippen LogP contribution is 2.53. The molecule has 1 heterocycles. The van der Waals surface area contributed by atoms with Crippen LogP contribution in [0.4, 0.5) is 0 Å². The average Bonchev–Trinajstić information content (AvgIpc) is 2.23. The summed E-state index contributed by atoms with van der Waals surface area (Å²) in [4.78, 5) is 2.51. The third-order valence-electron chi connectivity index (χ3n) is 3.31. The number of hydrogen-bond donors (Lipinski definition) is 0. The number of likely N-dealkylation sites (N-methyl/N-ethyl adjacent to an activating group) is 1. The summed E-state index contributed by atoms with van der Waals surface area (Å²) in [5, 5.41) is 0. The van der Waals surface area contributed by atoms with E-state index in [-0.39, 0.29) is 0 Å². The van der Waals surface area contributed by atoms with Crippen molar-refractivity contribution in [3.63, 3.8) is 0 Å². The first-order valence-corrected chi connectivity index (χ1v) is 3.87. The molecule has 1 saturated carbocycles. The maximum Gasteiger partial charge on any atom is 0.0340 e. The molecular weight excluding hydrogens is 110 g/mol. The van der Waals surface area contributed by atoms with E-state index in [9.17, 15) is 0 Å². The highest BCUT2D eigenvalue weighted by Gasteiger charge is 2.60. The van der Waals surface area contributed by atoms with Crippen molar-refractivity contribution in [1.29, 1.82) is 0 Å². The Hall–Kier alpha value is -0.0400. The normalized spacial score (nSPS) is 63.7. The molecule has 0 radical (unpaired) electrons. The van der Waals surface area contributed by atoms with Crippen molar-refractivity contribution in [2.75, 3.05) is 7.05 Å². The van der Waals surface area contributed by atoms with E-state index in [1.165, 1.54) is 12.8 Å². The zero-order chi connectivity index (χ0) is 6.65. The van der Waals surface area contributed by atoms with Crippen LogP contribution in [0.2, 0.25) is 0 Å². The summed E-state index contributed by atoms with van der Waals surface area (Å²) in [5.41, 5.74) is 0.624. The Bertz CT molecular complexity index is 144. The van der Waals surface area contributed by atoms with Crippen molar-refractivity contribution in [1.82, 2.24) is 4.90 Å². The van der Waals surface area contributed by atoms with Crippen molar-refractivity contribution < 1.29 is 0 Å². The molecule has 1 saturated heterocycles. The maximum absolute atomic E-state index is 2.51. The molecule has 0 aromatic carbocycles. The van der Waals surface area contributed by atoms with Gasteiger partial charge in [-0.15, -0.1) is 0 Å². The van der Waals surface area contributed by atoms with E-state index in [1.54, 1.807) is 0 Å². The molecule has 0 aromatic rings. The molecule has 4 unspecified atom stereocenters. The topological polar surface area (TPSA) is 3.01 Å². The van der Waals surface area contributed by atoms with E-state index < -0.39 is 0 Å². The summed E-state index contributed by atoms with van der Waals surface area (Å²) >= 11 is 0. The molecule has 2 rings (SSSR count). The van der Waals surface area contributed by atoms with Gasteiger partial charge in [0.2, 0.25) is 0 Å². The Morgan fingerprint density at radius 3 is 2.56 bits per heavy atom. The first kappa shape index (κ1) is 5.72. The summed E-state index contributed by atoms with van der Waals surface area (Å²) in [6.45, 7) is 4.76. The van der Waals surface area contributed by atoms with Gasteiger partial charge in [-0.25, -0.2) is 0 Å². The van der Waals surface area contributed by atoms with Gasteiger partial charge in [0.1, 0.15) is 0 Å². The highest BCUT2D eigenvalue weighted by atomic mass is 15.4. The third-order valence-corrected chi connectivity index (χ3v) is 3.31. The fourth-order valence-corrected chi connectivity index (χ4v) is 2.55. The molecule has 0 N–H and O–H groups in total. The molecule has 0 aromatic heterocycles. The smallest absolute Gasteiger partial charge is 0.0340 e. The fraction of sp³-hybridized carbons (Fsp3) is 1.00. The minimum absolute atomic E-state index is 0.624. The monoisotopic (exact) mass is 125 g/mol. The van der Waals surface area contributed by atoms with E-state index >= 15 is 0 Å². The van der Waals surface area contributed by atoms with Crippen LogP contribution >= 0.6 is 0 Å². The van der Waals surface area contributed by atoms with Gasteiger partial charge in [-0.05, 0) is 32.7 Å². The number of rotatable bonds is 0. The highest BCUT2D eigenvalue weighted by molar-refractivity contribution is 5.17. The molecule has 4 atom stereocenters. The quantitative estimate of drug-likeness (QED) is 0.443. The second-order valence-corrected chi connectivity index (χ2v) is 4.03. The number of piperidine rings is 1.